The Balaban J connectivity index is 2.24. The Morgan fingerprint density at radius 1 is 1.18 bits per heavy atom. The number of benzene rings is 1. The summed E-state index contributed by atoms with van der Waals surface area (Å²) >= 11 is 0. The van der Waals surface area contributed by atoms with E-state index in [-0.39, 0.29) is 17.7 Å². The van der Waals surface area contributed by atoms with E-state index in [1.165, 1.54) is 10.5 Å². The van der Waals surface area contributed by atoms with Crippen molar-refractivity contribution in [1.82, 2.24) is 4.90 Å². The van der Waals surface area contributed by atoms with Gasteiger partial charge in [0.15, 0.2) is 0 Å². The van der Waals surface area contributed by atoms with Gasteiger partial charge in [-0.1, -0.05) is 38.1 Å². The lowest BCUT2D eigenvalue weighted by molar-refractivity contribution is -0.137. The first-order valence-corrected chi connectivity index (χ1v) is 5.91. The van der Waals surface area contributed by atoms with Gasteiger partial charge in [0, 0.05) is 13.5 Å². The molecule has 0 unspecified atom stereocenters. The fraction of sp³-hybridized carbons (Fsp3) is 0.429. The molecule has 0 aliphatic carbocycles. The molecule has 2 rings (SSSR count). The van der Waals surface area contributed by atoms with Crippen LogP contribution in [0.1, 0.15) is 43.2 Å². The zero-order valence-corrected chi connectivity index (χ0v) is 10.4. The lowest BCUT2D eigenvalue weighted by Crippen LogP contribution is -2.25. The van der Waals surface area contributed by atoms with E-state index in [2.05, 4.69) is 13.8 Å². The number of hydrogen-bond acceptors (Lipinski definition) is 2. The molecule has 0 aromatic heterocycles. The molecule has 0 spiro atoms. The van der Waals surface area contributed by atoms with Gasteiger partial charge in [-0.25, -0.2) is 0 Å². The maximum Gasteiger partial charge on any atom is 0.236 e. The number of carbonyl (C=O) groups is 2. The molecule has 1 saturated heterocycles. The van der Waals surface area contributed by atoms with E-state index < -0.39 is 0 Å². The molecule has 1 aromatic carbocycles. The van der Waals surface area contributed by atoms with Gasteiger partial charge in [0.05, 0.1) is 5.92 Å². The van der Waals surface area contributed by atoms with Crippen LogP contribution in [0.4, 0.5) is 0 Å². The molecular weight excluding hydrogens is 214 g/mol. The highest BCUT2D eigenvalue weighted by molar-refractivity contribution is 6.05. The van der Waals surface area contributed by atoms with E-state index in [4.69, 9.17) is 0 Å². The summed E-state index contributed by atoms with van der Waals surface area (Å²) in [6.07, 6.45) is 0.302. The van der Waals surface area contributed by atoms with Gasteiger partial charge in [-0.05, 0) is 17.0 Å². The number of rotatable bonds is 2. The minimum atomic E-state index is -0.284. The topological polar surface area (TPSA) is 37.4 Å². The molecule has 1 aromatic rings. The number of carbonyl (C=O) groups excluding carboxylic acids is 2. The molecule has 17 heavy (non-hydrogen) atoms. The molecule has 0 radical (unpaired) electrons. The second-order valence-corrected chi connectivity index (χ2v) is 4.87. The zero-order valence-electron chi connectivity index (χ0n) is 10.4. The molecule has 1 atom stereocenters. The number of nitrogens with zero attached hydrogens (tertiary/aromatic N) is 1. The minimum absolute atomic E-state index is 0.0899. The van der Waals surface area contributed by atoms with Gasteiger partial charge in [0.1, 0.15) is 0 Å². The Bertz CT molecular complexity index is 448. The summed E-state index contributed by atoms with van der Waals surface area (Å²) in [5.74, 6) is 0.0154. The fourth-order valence-corrected chi connectivity index (χ4v) is 2.13. The first kappa shape index (κ1) is 11.8. The molecular formula is C14H17NO2. The molecule has 1 aliphatic rings. The maximum atomic E-state index is 11.8. The predicted octanol–water partition coefficient (Wildman–Crippen LogP) is 2.28. The van der Waals surface area contributed by atoms with Crippen molar-refractivity contribution in [1.29, 1.82) is 0 Å². The van der Waals surface area contributed by atoms with Crippen LogP contribution in [-0.4, -0.2) is 23.8 Å². The molecule has 1 heterocycles. The summed E-state index contributed by atoms with van der Waals surface area (Å²) in [7, 11) is 1.55. The molecule has 3 nitrogen and oxygen atoms in total. The van der Waals surface area contributed by atoms with Crippen LogP contribution >= 0.6 is 0 Å². The van der Waals surface area contributed by atoms with Gasteiger partial charge in [0.2, 0.25) is 11.8 Å². The third kappa shape index (κ3) is 2.09. The summed E-state index contributed by atoms with van der Waals surface area (Å²) in [4.78, 5) is 24.5. The monoisotopic (exact) mass is 231 g/mol. The average Bonchev–Trinajstić information content (AvgIpc) is 2.57. The van der Waals surface area contributed by atoms with Crippen molar-refractivity contribution in [3.05, 3.63) is 35.4 Å². The van der Waals surface area contributed by atoms with E-state index in [9.17, 15) is 9.59 Å². The summed E-state index contributed by atoms with van der Waals surface area (Å²) in [6.45, 7) is 4.26. The van der Waals surface area contributed by atoms with Crippen molar-refractivity contribution in [3.8, 4) is 0 Å². The zero-order chi connectivity index (χ0) is 12.6. The second kappa shape index (κ2) is 4.32. The highest BCUT2D eigenvalue weighted by Crippen LogP contribution is 2.29. The Morgan fingerprint density at radius 3 is 2.18 bits per heavy atom. The second-order valence-electron chi connectivity index (χ2n) is 4.87. The average molecular weight is 231 g/mol. The highest BCUT2D eigenvalue weighted by atomic mass is 16.2. The van der Waals surface area contributed by atoms with Crippen LogP contribution in [0.25, 0.3) is 0 Å². The highest BCUT2D eigenvalue weighted by Gasteiger charge is 2.36. The van der Waals surface area contributed by atoms with Crippen molar-refractivity contribution in [2.75, 3.05) is 7.05 Å². The van der Waals surface area contributed by atoms with Crippen LogP contribution < -0.4 is 0 Å². The first-order chi connectivity index (χ1) is 8.00. The van der Waals surface area contributed by atoms with Crippen LogP contribution in [0.2, 0.25) is 0 Å². The van der Waals surface area contributed by atoms with E-state index in [0.29, 0.717) is 12.3 Å². The van der Waals surface area contributed by atoms with Crippen LogP contribution in [0.5, 0.6) is 0 Å². The molecule has 0 saturated carbocycles. The largest absolute Gasteiger partial charge is 0.285 e. The third-order valence-corrected chi connectivity index (χ3v) is 3.39. The van der Waals surface area contributed by atoms with Crippen molar-refractivity contribution in [2.45, 2.75) is 32.1 Å². The smallest absolute Gasteiger partial charge is 0.236 e. The summed E-state index contributed by atoms with van der Waals surface area (Å²) in [5, 5.41) is 0. The van der Waals surface area contributed by atoms with E-state index >= 15 is 0 Å². The van der Waals surface area contributed by atoms with Gasteiger partial charge in [-0.2, -0.15) is 0 Å². The molecule has 1 fully saturated rings. The van der Waals surface area contributed by atoms with Crippen molar-refractivity contribution in [3.63, 3.8) is 0 Å². The Kier molecular flexibility index (Phi) is 3.01. The summed E-state index contributed by atoms with van der Waals surface area (Å²) in [6, 6.07) is 8.00. The lowest BCUT2D eigenvalue weighted by atomic mass is 9.94. The third-order valence-electron chi connectivity index (χ3n) is 3.39. The summed E-state index contributed by atoms with van der Waals surface area (Å²) in [5.41, 5.74) is 2.19. The standard InChI is InChI=1S/C14H17NO2/c1-9(2)10-4-6-11(7-5-10)12-8-13(16)15(3)14(12)17/h4-7,9,12H,8H2,1-3H3/t12-/m1/s1. The van der Waals surface area contributed by atoms with Gasteiger partial charge < -0.3 is 0 Å². The van der Waals surface area contributed by atoms with Gasteiger partial charge in [-0.3, -0.25) is 14.5 Å². The number of likely N-dealkylation sites (N-methyl/N-ethyl adjacent to an activating group) is 1. The van der Waals surface area contributed by atoms with Gasteiger partial charge in [0.25, 0.3) is 0 Å². The molecule has 3 heteroatoms. The van der Waals surface area contributed by atoms with E-state index in [1.54, 1.807) is 7.05 Å². The number of imide groups is 1. The van der Waals surface area contributed by atoms with Crippen LogP contribution in [-0.2, 0) is 9.59 Å². The maximum absolute atomic E-state index is 11.8. The van der Waals surface area contributed by atoms with Crippen molar-refractivity contribution in [2.24, 2.45) is 0 Å². The number of amides is 2. The van der Waals surface area contributed by atoms with E-state index in [1.807, 2.05) is 24.3 Å². The van der Waals surface area contributed by atoms with Crippen LogP contribution in [0, 0.1) is 0 Å². The molecule has 1 aliphatic heterocycles. The minimum Gasteiger partial charge on any atom is -0.285 e. The Hall–Kier alpha value is -1.64. The van der Waals surface area contributed by atoms with Crippen molar-refractivity contribution >= 4 is 11.8 Å². The van der Waals surface area contributed by atoms with Crippen molar-refractivity contribution < 1.29 is 9.59 Å². The van der Waals surface area contributed by atoms with E-state index in [0.717, 1.165) is 5.56 Å². The summed E-state index contributed by atoms with van der Waals surface area (Å²) < 4.78 is 0. The van der Waals surface area contributed by atoms with Crippen LogP contribution in [0.15, 0.2) is 24.3 Å². The van der Waals surface area contributed by atoms with Crippen LogP contribution in [0.3, 0.4) is 0 Å². The van der Waals surface area contributed by atoms with Gasteiger partial charge in [-0.15, -0.1) is 0 Å². The predicted molar refractivity (Wildman–Crippen MR) is 65.7 cm³/mol. The lowest BCUT2D eigenvalue weighted by Gasteiger charge is -2.11. The first-order valence-electron chi connectivity index (χ1n) is 5.91. The SMILES string of the molecule is CC(C)c1ccc([C@H]2CC(=O)N(C)C2=O)cc1. The normalized spacial score (nSPS) is 20.5. The van der Waals surface area contributed by atoms with Gasteiger partial charge >= 0.3 is 0 Å². The molecule has 0 bridgehead atoms. The molecule has 0 N–H and O–H groups in total. The Labute approximate surface area is 101 Å². The number of likely N-dealkylation sites (tertiary alicyclic amines) is 1. The Morgan fingerprint density at radius 2 is 1.76 bits per heavy atom. The number of hydrogen-bond donors (Lipinski definition) is 0. The molecule has 90 valence electrons. The molecule has 2 amide bonds. The fourth-order valence-electron chi connectivity index (χ4n) is 2.13. The quantitative estimate of drug-likeness (QED) is 0.732.